The van der Waals surface area contributed by atoms with Crippen LogP contribution in [0, 0.1) is 13.8 Å². The van der Waals surface area contributed by atoms with E-state index in [-0.39, 0.29) is 6.10 Å². The fourth-order valence-corrected chi connectivity index (χ4v) is 3.12. The lowest BCUT2D eigenvalue weighted by Crippen LogP contribution is -2.44. The molecule has 1 saturated heterocycles. The molecule has 0 spiro atoms. The SMILES string of the molecule is Cc1cnn(CC2CN(CCCc3cnccc3C)CCO2)c1. The van der Waals surface area contributed by atoms with Gasteiger partial charge in [-0.2, -0.15) is 5.10 Å². The quantitative estimate of drug-likeness (QED) is 0.820. The second-order valence-electron chi connectivity index (χ2n) is 6.44. The first-order chi connectivity index (χ1) is 11.2. The highest BCUT2D eigenvalue weighted by molar-refractivity contribution is 5.21. The van der Waals surface area contributed by atoms with Crippen LogP contribution < -0.4 is 0 Å². The summed E-state index contributed by atoms with van der Waals surface area (Å²) in [6.45, 7) is 9.02. The summed E-state index contributed by atoms with van der Waals surface area (Å²) in [5.74, 6) is 0. The van der Waals surface area contributed by atoms with Crippen molar-refractivity contribution in [3.05, 3.63) is 47.5 Å². The molecule has 1 aliphatic heterocycles. The van der Waals surface area contributed by atoms with Crippen molar-refractivity contribution in [3.8, 4) is 0 Å². The molecule has 1 aliphatic rings. The average Bonchev–Trinajstić information content (AvgIpc) is 2.95. The minimum Gasteiger partial charge on any atom is -0.374 e. The molecule has 0 amide bonds. The van der Waals surface area contributed by atoms with Gasteiger partial charge in [-0.3, -0.25) is 14.6 Å². The molecule has 3 heterocycles. The summed E-state index contributed by atoms with van der Waals surface area (Å²) in [6, 6.07) is 2.09. The number of rotatable bonds is 6. The standard InChI is InChI=1S/C18H26N4O/c1-15-10-20-22(12-15)14-18-13-21(8-9-23-18)7-3-4-17-11-19-6-5-16(17)2/h5-6,10-12,18H,3-4,7-9,13-14H2,1-2H3. The summed E-state index contributed by atoms with van der Waals surface area (Å²) in [4.78, 5) is 6.74. The van der Waals surface area contributed by atoms with Gasteiger partial charge in [0.25, 0.3) is 0 Å². The maximum absolute atomic E-state index is 5.89. The summed E-state index contributed by atoms with van der Waals surface area (Å²) in [5, 5.41) is 4.36. The Morgan fingerprint density at radius 1 is 1.30 bits per heavy atom. The summed E-state index contributed by atoms with van der Waals surface area (Å²) >= 11 is 0. The van der Waals surface area contributed by atoms with Crippen LogP contribution in [0.25, 0.3) is 0 Å². The second kappa shape index (κ2) is 7.70. The predicted octanol–water partition coefficient (Wildman–Crippen LogP) is 2.23. The lowest BCUT2D eigenvalue weighted by molar-refractivity contribution is -0.0376. The van der Waals surface area contributed by atoms with Crippen molar-refractivity contribution in [3.63, 3.8) is 0 Å². The van der Waals surface area contributed by atoms with E-state index >= 15 is 0 Å². The lowest BCUT2D eigenvalue weighted by Gasteiger charge is -2.32. The highest BCUT2D eigenvalue weighted by Crippen LogP contribution is 2.11. The Morgan fingerprint density at radius 3 is 3.00 bits per heavy atom. The van der Waals surface area contributed by atoms with E-state index in [4.69, 9.17) is 4.74 Å². The summed E-state index contributed by atoms with van der Waals surface area (Å²) in [5.41, 5.74) is 3.91. The van der Waals surface area contributed by atoms with Crippen molar-refractivity contribution in [2.75, 3.05) is 26.2 Å². The second-order valence-corrected chi connectivity index (χ2v) is 6.44. The van der Waals surface area contributed by atoms with Crippen LogP contribution in [0.5, 0.6) is 0 Å². The van der Waals surface area contributed by atoms with Crippen LogP contribution in [-0.4, -0.2) is 52.0 Å². The van der Waals surface area contributed by atoms with Crippen LogP contribution in [0.15, 0.2) is 30.9 Å². The molecule has 3 rings (SSSR count). The fraction of sp³-hybridized carbons (Fsp3) is 0.556. The van der Waals surface area contributed by atoms with Gasteiger partial charge in [-0.25, -0.2) is 0 Å². The molecule has 23 heavy (non-hydrogen) atoms. The highest BCUT2D eigenvalue weighted by atomic mass is 16.5. The van der Waals surface area contributed by atoms with E-state index in [1.165, 1.54) is 23.1 Å². The van der Waals surface area contributed by atoms with Crippen molar-refractivity contribution in [2.45, 2.75) is 39.3 Å². The van der Waals surface area contributed by atoms with Gasteiger partial charge in [0.2, 0.25) is 0 Å². The molecule has 1 unspecified atom stereocenters. The normalized spacial score (nSPS) is 19.1. The number of hydrogen-bond donors (Lipinski definition) is 0. The molecular formula is C18H26N4O. The van der Waals surface area contributed by atoms with E-state index in [1.807, 2.05) is 23.3 Å². The van der Waals surface area contributed by atoms with Gasteiger partial charge in [0, 0.05) is 31.7 Å². The highest BCUT2D eigenvalue weighted by Gasteiger charge is 2.20. The monoisotopic (exact) mass is 314 g/mol. The van der Waals surface area contributed by atoms with Gasteiger partial charge in [0.1, 0.15) is 0 Å². The average molecular weight is 314 g/mol. The zero-order chi connectivity index (χ0) is 16.1. The third-order valence-electron chi connectivity index (χ3n) is 4.44. The van der Waals surface area contributed by atoms with Crippen LogP contribution in [0.3, 0.4) is 0 Å². The van der Waals surface area contributed by atoms with E-state index in [0.29, 0.717) is 0 Å². The van der Waals surface area contributed by atoms with E-state index in [2.05, 4.69) is 41.1 Å². The van der Waals surface area contributed by atoms with Gasteiger partial charge in [-0.15, -0.1) is 0 Å². The Morgan fingerprint density at radius 2 is 2.22 bits per heavy atom. The van der Waals surface area contributed by atoms with E-state index < -0.39 is 0 Å². The number of ether oxygens (including phenoxy) is 1. The van der Waals surface area contributed by atoms with E-state index in [9.17, 15) is 0 Å². The third-order valence-corrected chi connectivity index (χ3v) is 4.44. The van der Waals surface area contributed by atoms with Crippen molar-refractivity contribution >= 4 is 0 Å². The number of hydrogen-bond acceptors (Lipinski definition) is 4. The van der Waals surface area contributed by atoms with Gasteiger partial charge < -0.3 is 4.74 Å². The Hall–Kier alpha value is -1.72. The molecule has 0 radical (unpaired) electrons. The molecule has 1 atom stereocenters. The molecule has 5 heteroatoms. The minimum atomic E-state index is 0.239. The molecule has 0 N–H and O–H groups in total. The first-order valence-corrected chi connectivity index (χ1v) is 8.43. The van der Waals surface area contributed by atoms with Gasteiger partial charge in [-0.05, 0) is 56.0 Å². The molecule has 0 saturated carbocycles. The van der Waals surface area contributed by atoms with Crippen LogP contribution in [0.4, 0.5) is 0 Å². The molecule has 0 aromatic carbocycles. The number of pyridine rings is 1. The maximum atomic E-state index is 5.89. The van der Waals surface area contributed by atoms with Crippen molar-refractivity contribution in [1.82, 2.24) is 19.7 Å². The first kappa shape index (κ1) is 16.1. The van der Waals surface area contributed by atoms with Gasteiger partial charge >= 0.3 is 0 Å². The topological polar surface area (TPSA) is 43.2 Å². The number of aromatic nitrogens is 3. The number of aryl methyl sites for hydroxylation is 3. The Bertz CT molecular complexity index is 625. The molecule has 2 aromatic heterocycles. The third kappa shape index (κ3) is 4.62. The van der Waals surface area contributed by atoms with Crippen molar-refractivity contribution in [2.24, 2.45) is 0 Å². The Kier molecular flexibility index (Phi) is 5.41. The van der Waals surface area contributed by atoms with Crippen LogP contribution >= 0.6 is 0 Å². The van der Waals surface area contributed by atoms with Crippen LogP contribution in [0.2, 0.25) is 0 Å². The Labute approximate surface area is 138 Å². The largest absolute Gasteiger partial charge is 0.374 e. The summed E-state index contributed by atoms with van der Waals surface area (Å²) in [6.07, 6.45) is 10.3. The molecule has 0 bridgehead atoms. The van der Waals surface area contributed by atoms with Gasteiger partial charge in [0.05, 0.1) is 25.5 Å². The van der Waals surface area contributed by atoms with Crippen LogP contribution in [-0.2, 0) is 17.7 Å². The lowest BCUT2D eigenvalue weighted by atomic mass is 10.1. The Balaban J connectivity index is 1.44. The first-order valence-electron chi connectivity index (χ1n) is 8.43. The predicted molar refractivity (Wildman–Crippen MR) is 90.4 cm³/mol. The molecule has 124 valence electrons. The van der Waals surface area contributed by atoms with E-state index in [0.717, 1.165) is 39.2 Å². The zero-order valence-corrected chi connectivity index (χ0v) is 14.1. The summed E-state index contributed by atoms with van der Waals surface area (Å²) in [7, 11) is 0. The summed E-state index contributed by atoms with van der Waals surface area (Å²) < 4.78 is 7.88. The van der Waals surface area contributed by atoms with Crippen molar-refractivity contribution < 1.29 is 4.74 Å². The van der Waals surface area contributed by atoms with E-state index in [1.54, 1.807) is 0 Å². The number of nitrogens with zero attached hydrogens (tertiary/aromatic N) is 4. The maximum Gasteiger partial charge on any atom is 0.0898 e. The smallest absolute Gasteiger partial charge is 0.0898 e. The fourth-order valence-electron chi connectivity index (χ4n) is 3.12. The minimum absolute atomic E-state index is 0.239. The molecular weight excluding hydrogens is 288 g/mol. The van der Waals surface area contributed by atoms with Crippen LogP contribution in [0.1, 0.15) is 23.1 Å². The van der Waals surface area contributed by atoms with Gasteiger partial charge in [-0.1, -0.05) is 0 Å². The molecule has 5 nitrogen and oxygen atoms in total. The molecule has 1 fully saturated rings. The zero-order valence-electron chi connectivity index (χ0n) is 14.1. The van der Waals surface area contributed by atoms with Gasteiger partial charge in [0.15, 0.2) is 0 Å². The molecule has 2 aromatic rings. The molecule has 0 aliphatic carbocycles. The van der Waals surface area contributed by atoms with Crippen molar-refractivity contribution in [1.29, 1.82) is 0 Å². The number of morpholine rings is 1.